The minimum atomic E-state index is -0.873. The molecule has 0 radical (unpaired) electrons. The minimum Gasteiger partial charge on any atom is -0.468 e. The quantitative estimate of drug-likeness (QED) is 0.530. The van der Waals surface area contributed by atoms with Gasteiger partial charge in [-0.15, -0.1) is 0 Å². The fraction of sp³-hybridized carbons (Fsp3) is 0.750. The Hall–Kier alpha value is -1.43. The molecule has 1 aliphatic carbocycles. The third-order valence-electron chi connectivity index (χ3n) is 3.98. The zero-order valence-corrected chi connectivity index (χ0v) is 10.9. The van der Waals surface area contributed by atoms with Gasteiger partial charge in [-0.2, -0.15) is 0 Å². The molecule has 1 saturated carbocycles. The van der Waals surface area contributed by atoms with E-state index in [1.807, 2.05) is 0 Å². The van der Waals surface area contributed by atoms with Crippen molar-refractivity contribution in [1.82, 2.24) is 10.2 Å². The molecule has 1 N–H and O–H groups in total. The van der Waals surface area contributed by atoms with Crippen molar-refractivity contribution in [2.24, 2.45) is 11.8 Å². The number of nitrogens with zero attached hydrogens (tertiary/aromatic N) is 1. The van der Waals surface area contributed by atoms with Crippen molar-refractivity contribution in [3.63, 3.8) is 0 Å². The van der Waals surface area contributed by atoms with E-state index in [0.29, 0.717) is 12.8 Å². The molecule has 0 aromatic carbocycles. The lowest BCUT2D eigenvalue weighted by Crippen LogP contribution is -2.51. The SMILES string of the molecule is CNC(C)(CCN1C(=O)C2CC2C1=O)C(=O)OC. The molecular weight excluding hydrogens is 236 g/mol. The van der Waals surface area contributed by atoms with Gasteiger partial charge in [0, 0.05) is 6.54 Å². The third-order valence-corrected chi connectivity index (χ3v) is 3.98. The van der Waals surface area contributed by atoms with Crippen LogP contribution in [0.4, 0.5) is 0 Å². The lowest BCUT2D eigenvalue weighted by Gasteiger charge is -2.28. The summed E-state index contributed by atoms with van der Waals surface area (Å²) in [5.41, 5.74) is -0.873. The normalized spacial score (nSPS) is 28.9. The second-order valence-electron chi connectivity index (χ2n) is 5.10. The van der Waals surface area contributed by atoms with Crippen molar-refractivity contribution in [3.05, 3.63) is 0 Å². The van der Waals surface area contributed by atoms with Gasteiger partial charge >= 0.3 is 5.97 Å². The zero-order valence-electron chi connectivity index (χ0n) is 10.9. The van der Waals surface area contributed by atoms with Crippen LogP contribution in [0.2, 0.25) is 0 Å². The van der Waals surface area contributed by atoms with Gasteiger partial charge < -0.3 is 10.1 Å². The Balaban J connectivity index is 1.97. The van der Waals surface area contributed by atoms with Crippen LogP contribution >= 0.6 is 0 Å². The average Bonchev–Trinajstić information content (AvgIpc) is 3.12. The molecule has 0 aromatic heterocycles. The number of hydrogen-bond acceptors (Lipinski definition) is 5. The van der Waals surface area contributed by atoms with Crippen LogP contribution in [0.5, 0.6) is 0 Å². The molecule has 3 atom stereocenters. The van der Waals surface area contributed by atoms with Crippen molar-refractivity contribution in [2.45, 2.75) is 25.3 Å². The van der Waals surface area contributed by atoms with Crippen LogP contribution in [0.25, 0.3) is 0 Å². The summed E-state index contributed by atoms with van der Waals surface area (Å²) in [5.74, 6) is -0.746. The van der Waals surface area contributed by atoms with Gasteiger partial charge in [0.1, 0.15) is 5.54 Å². The fourth-order valence-electron chi connectivity index (χ4n) is 2.36. The number of amides is 2. The van der Waals surface area contributed by atoms with Gasteiger partial charge in [0.2, 0.25) is 11.8 Å². The number of rotatable bonds is 5. The van der Waals surface area contributed by atoms with E-state index < -0.39 is 11.5 Å². The van der Waals surface area contributed by atoms with E-state index in [1.54, 1.807) is 14.0 Å². The van der Waals surface area contributed by atoms with Crippen LogP contribution in [-0.4, -0.2) is 48.9 Å². The molecule has 1 heterocycles. The van der Waals surface area contributed by atoms with Gasteiger partial charge in [-0.05, 0) is 26.8 Å². The average molecular weight is 254 g/mol. The Morgan fingerprint density at radius 3 is 2.44 bits per heavy atom. The topological polar surface area (TPSA) is 75.7 Å². The molecule has 18 heavy (non-hydrogen) atoms. The van der Waals surface area contributed by atoms with Crippen LogP contribution in [0.15, 0.2) is 0 Å². The number of nitrogens with one attached hydrogen (secondary N) is 1. The molecule has 1 saturated heterocycles. The molecule has 1 aliphatic heterocycles. The monoisotopic (exact) mass is 254 g/mol. The van der Waals surface area contributed by atoms with E-state index in [4.69, 9.17) is 4.74 Å². The number of esters is 1. The lowest BCUT2D eigenvalue weighted by atomic mass is 9.98. The summed E-state index contributed by atoms with van der Waals surface area (Å²) < 4.78 is 4.72. The second kappa shape index (κ2) is 4.35. The lowest BCUT2D eigenvalue weighted by molar-refractivity contribution is -0.150. The molecule has 6 heteroatoms. The van der Waals surface area contributed by atoms with Gasteiger partial charge in [0.25, 0.3) is 0 Å². The maximum absolute atomic E-state index is 11.8. The summed E-state index contributed by atoms with van der Waals surface area (Å²) in [6.45, 7) is 1.96. The highest BCUT2D eigenvalue weighted by Gasteiger charge is 2.58. The first kappa shape index (κ1) is 13.0. The van der Waals surface area contributed by atoms with Gasteiger partial charge in [-0.3, -0.25) is 19.3 Å². The van der Waals surface area contributed by atoms with Gasteiger partial charge in [0.15, 0.2) is 0 Å². The van der Waals surface area contributed by atoms with Crippen LogP contribution in [0, 0.1) is 11.8 Å². The zero-order chi connectivity index (χ0) is 13.5. The van der Waals surface area contributed by atoms with Crippen molar-refractivity contribution >= 4 is 17.8 Å². The number of hydrogen-bond donors (Lipinski definition) is 1. The van der Waals surface area contributed by atoms with Crippen LogP contribution < -0.4 is 5.32 Å². The van der Waals surface area contributed by atoms with E-state index in [1.165, 1.54) is 12.0 Å². The smallest absolute Gasteiger partial charge is 0.325 e. The Morgan fingerprint density at radius 1 is 1.44 bits per heavy atom. The van der Waals surface area contributed by atoms with Crippen molar-refractivity contribution < 1.29 is 19.1 Å². The highest BCUT2D eigenvalue weighted by atomic mass is 16.5. The number of carbonyl (C=O) groups excluding carboxylic acids is 3. The Labute approximate surface area is 106 Å². The molecule has 2 rings (SSSR count). The predicted molar refractivity (Wildman–Crippen MR) is 62.4 cm³/mol. The van der Waals surface area contributed by atoms with Crippen LogP contribution in [0.1, 0.15) is 19.8 Å². The first-order valence-electron chi connectivity index (χ1n) is 6.07. The predicted octanol–water partition coefficient (Wildman–Crippen LogP) is -0.467. The summed E-state index contributed by atoms with van der Waals surface area (Å²) in [6, 6.07) is 0. The number of likely N-dealkylation sites (tertiary alicyclic amines) is 1. The maximum Gasteiger partial charge on any atom is 0.325 e. The van der Waals surface area contributed by atoms with E-state index >= 15 is 0 Å². The number of methoxy groups -OCH3 is 1. The summed E-state index contributed by atoms with van der Waals surface area (Å²) >= 11 is 0. The highest BCUT2D eigenvalue weighted by molar-refractivity contribution is 6.08. The number of likely N-dealkylation sites (N-methyl/N-ethyl adjacent to an activating group) is 1. The fourth-order valence-corrected chi connectivity index (χ4v) is 2.36. The number of imide groups is 1. The van der Waals surface area contributed by atoms with E-state index in [0.717, 1.165) is 0 Å². The molecule has 100 valence electrons. The van der Waals surface area contributed by atoms with E-state index in [-0.39, 0.29) is 30.2 Å². The number of piperidine rings is 1. The number of carbonyl (C=O) groups is 3. The third kappa shape index (κ3) is 1.90. The molecule has 3 unspecified atom stereocenters. The van der Waals surface area contributed by atoms with E-state index in [2.05, 4.69) is 5.32 Å². The van der Waals surface area contributed by atoms with Gasteiger partial charge in [-0.25, -0.2) is 0 Å². The number of fused-ring (bicyclic) bond motifs is 1. The summed E-state index contributed by atoms with van der Waals surface area (Å²) in [5, 5.41) is 2.88. The standard InChI is InChI=1S/C12H18N2O4/c1-12(13-2,11(17)18-3)4-5-14-9(15)7-6-8(7)10(14)16/h7-8,13H,4-6H2,1-3H3. The van der Waals surface area contributed by atoms with Crippen molar-refractivity contribution in [2.75, 3.05) is 20.7 Å². The van der Waals surface area contributed by atoms with Gasteiger partial charge in [-0.1, -0.05) is 0 Å². The first-order valence-corrected chi connectivity index (χ1v) is 6.07. The molecule has 2 fully saturated rings. The van der Waals surface area contributed by atoms with Crippen LogP contribution in [-0.2, 0) is 19.1 Å². The molecule has 0 spiro atoms. The van der Waals surface area contributed by atoms with Crippen LogP contribution in [0.3, 0.4) is 0 Å². The molecule has 0 aromatic rings. The molecular formula is C12H18N2O4. The summed E-state index contributed by atoms with van der Waals surface area (Å²) in [4.78, 5) is 36.4. The molecule has 2 aliphatic rings. The Bertz CT molecular complexity index is 389. The summed E-state index contributed by atoms with van der Waals surface area (Å²) in [6.07, 6.45) is 1.06. The molecule has 6 nitrogen and oxygen atoms in total. The number of ether oxygens (including phenoxy) is 1. The minimum absolute atomic E-state index is 0.0866. The molecule has 2 amide bonds. The maximum atomic E-state index is 11.8. The van der Waals surface area contributed by atoms with E-state index in [9.17, 15) is 14.4 Å². The van der Waals surface area contributed by atoms with Crippen molar-refractivity contribution in [3.8, 4) is 0 Å². The summed E-state index contributed by atoms with van der Waals surface area (Å²) in [7, 11) is 2.97. The van der Waals surface area contributed by atoms with Gasteiger partial charge in [0.05, 0.1) is 18.9 Å². The highest BCUT2D eigenvalue weighted by Crippen LogP contribution is 2.47. The first-order chi connectivity index (χ1) is 8.44. The van der Waals surface area contributed by atoms with Crippen molar-refractivity contribution in [1.29, 1.82) is 0 Å². The Kier molecular flexibility index (Phi) is 3.14. The Morgan fingerprint density at radius 2 is 2.00 bits per heavy atom. The largest absolute Gasteiger partial charge is 0.468 e. The molecule has 0 bridgehead atoms. The second-order valence-corrected chi connectivity index (χ2v) is 5.10.